The topological polar surface area (TPSA) is 67.9 Å². The summed E-state index contributed by atoms with van der Waals surface area (Å²) in [5.41, 5.74) is 0.138. The van der Waals surface area contributed by atoms with Crippen molar-refractivity contribution in [2.24, 2.45) is 5.92 Å². The molecule has 30 heavy (non-hydrogen) atoms. The number of carbonyl (C=O) groups excluding carboxylic acids is 2. The van der Waals surface area contributed by atoms with Crippen LogP contribution in [0.2, 0.25) is 0 Å². The summed E-state index contributed by atoms with van der Waals surface area (Å²) in [6.45, 7) is 8.31. The highest BCUT2D eigenvalue weighted by Gasteiger charge is 2.31. The fourth-order valence-corrected chi connectivity index (χ4v) is 3.25. The Labute approximate surface area is 174 Å². The Bertz CT molecular complexity index is 721. The van der Waals surface area contributed by atoms with Gasteiger partial charge in [-0.1, -0.05) is 12.1 Å². The molecule has 1 N–H and O–H groups in total. The van der Waals surface area contributed by atoms with Crippen LogP contribution in [0, 0.1) is 5.92 Å². The molecule has 0 aliphatic carbocycles. The van der Waals surface area contributed by atoms with Crippen LogP contribution in [-0.4, -0.2) is 42.0 Å². The van der Waals surface area contributed by atoms with Crippen LogP contribution in [0.4, 0.5) is 18.0 Å². The van der Waals surface area contributed by atoms with Crippen LogP contribution in [0.3, 0.4) is 0 Å². The monoisotopic (exact) mass is 430 g/mol. The van der Waals surface area contributed by atoms with Crippen molar-refractivity contribution in [2.45, 2.75) is 65.0 Å². The predicted octanol–water partition coefficient (Wildman–Crippen LogP) is 4.80. The van der Waals surface area contributed by atoms with Crippen molar-refractivity contribution in [3.8, 4) is 5.75 Å². The molecule has 1 saturated heterocycles. The van der Waals surface area contributed by atoms with Crippen LogP contribution in [-0.2, 0) is 9.53 Å². The molecule has 2 rings (SSSR count). The lowest BCUT2D eigenvalue weighted by molar-refractivity contribution is -0.274. The molecule has 1 aromatic carbocycles. The van der Waals surface area contributed by atoms with E-state index in [2.05, 4.69) is 10.1 Å². The third-order valence-electron chi connectivity index (χ3n) is 4.73. The van der Waals surface area contributed by atoms with E-state index in [1.807, 2.05) is 20.8 Å². The van der Waals surface area contributed by atoms with Crippen LogP contribution in [0.25, 0.3) is 0 Å². The molecule has 2 amide bonds. The second-order valence-electron chi connectivity index (χ2n) is 8.52. The highest BCUT2D eigenvalue weighted by atomic mass is 19.4. The van der Waals surface area contributed by atoms with Gasteiger partial charge in [0.2, 0.25) is 5.91 Å². The van der Waals surface area contributed by atoms with Crippen molar-refractivity contribution in [3.63, 3.8) is 0 Å². The van der Waals surface area contributed by atoms with Gasteiger partial charge in [0, 0.05) is 19.5 Å². The van der Waals surface area contributed by atoms with Gasteiger partial charge in [-0.25, -0.2) is 4.79 Å². The number of carbonyl (C=O) groups is 2. The Balaban J connectivity index is 1.77. The summed E-state index contributed by atoms with van der Waals surface area (Å²) < 4.78 is 45.9. The van der Waals surface area contributed by atoms with Crippen molar-refractivity contribution in [1.82, 2.24) is 10.2 Å². The molecule has 1 heterocycles. The zero-order valence-corrected chi connectivity index (χ0v) is 17.7. The molecular formula is C21H29F3N2O4. The minimum absolute atomic E-state index is 0.131. The predicted molar refractivity (Wildman–Crippen MR) is 105 cm³/mol. The smallest absolute Gasteiger partial charge is 0.444 e. The lowest BCUT2D eigenvalue weighted by Crippen LogP contribution is -2.42. The molecule has 9 heteroatoms. The van der Waals surface area contributed by atoms with Gasteiger partial charge in [-0.15, -0.1) is 13.2 Å². The van der Waals surface area contributed by atoms with Gasteiger partial charge in [-0.2, -0.15) is 0 Å². The number of nitrogens with one attached hydrogen (secondary N) is 1. The van der Waals surface area contributed by atoms with Gasteiger partial charge in [0.25, 0.3) is 0 Å². The summed E-state index contributed by atoms with van der Waals surface area (Å²) >= 11 is 0. The summed E-state index contributed by atoms with van der Waals surface area (Å²) in [5.74, 6) is -0.270. The largest absolute Gasteiger partial charge is 0.573 e. The van der Waals surface area contributed by atoms with Gasteiger partial charge in [-0.3, -0.25) is 4.79 Å². The number of nitrogens with zero attached hydrogens (tertiary/aromatic N) is 1. The maximum atomic E-state index is 12.4. The number of rotatable bonds is 5. The summed E-state index contributed by atoms with van der Waals surface area (Å²) in [6, 6.07) is 5.08. The Hall–Kier alpha value is -2.45. The van der Waals surface area contributed by atoms with E-state index in [0.717, 1.165) is 0 Å². The minimum atomic E-state index is -4.74. The number of benzene rings is 1. The maximum Gasteiger partial charge on any atom is 0.573 e. The highest BCUT2D eigenvalue weighted by molar-refractivity contribution is 5.76. The van der Waals surface area contributed by atoms with Crippen molar-refractivity contribution >= 4 is 12.0 Å². The first-order valence-electron chi connectivity index (χ1n) is 9.95. The molecule has 0 bridgehead atoms. The molecule has 0 spiro atoms. The van der Waals surface area contributed by atoms with Crippen LogP contribution in [0.15, 0.2) is 24.3 Å². The molecule has 0 aromatic heterocycles. The normalized spacial score (nSPS) is 16.7. The Morgan fingerprint density at radius 2 is 1.70 bits per heavy atom. The fourth-order valence-electron chi connectivity index (χ4n) is 3.25. The van der Waals surface area contributed by atoms with Crippen LogP contribution in [0.1, 0.15) is 58.6 Å². The van der Waals surface area contributed by atoms with Crippen LogP contribution >= 0.6 is 0 Å². The van der Waals surface area contributed by atoms with Gasteiger partial charge >= 0.3 is 12.5 Å². The third-order valence-corrected chi connectivity index (χ3v) is 4.73. The molecule has 1 aliphatic rings. The second kappa shape index (κ2) is 9.57. The maximum absolute atomic E-state index is 12.4. The average molecular weight is 430 g/mol. The average Bonchev–Trinajstić information content (AvgIpc) is 2.60. The van der Waals surface area contributed by atoms with Gasteiger partial charge in [-0.05, 0) is 64.2 Å². The van der Waals surface area contributed by atoms with Gasteiger partial charge in [0.05, 0.1) is 6.04 Å². The van der Waals surface area contributed by atoms with Gasteiger partial charge in [0.15, 0.2) is 0 Å². The Morgan fingerprint density at radius 1 is 1.13 bits per heavy atom. The van der Waals surface area contributed by atoms with E-state index >= 15 is 0 Å². The highest BCUT2D eigenvalue weighted by Crippen LogP contribution is 2.25. The fraction of sp³-hybridized carbons (Fsp3) is 0.619. The number of likely N-dealkylation sites (tertiary alicyclic amines) is 1. The number of ether oxygens (including phenoxy) is 2. The molecular weight excluding hydrogens is 401 g/mol. The molecule has 1 aliphatic heterocycles. The summed E-state index contributed by atoms with van der Waals surface area (Å²) in [7, 11) is 0. The van der Waals surface area contributed by atoms with E-state index in [1.54, 1.807) is 11.8 Å². The van der Waals surface area contributed by atoms with E-state index in [-0.39, 0.29) is 29.7 Å². The molecule has 0 radical (unpaired) electrons. The lowest BCUT2D eigenvalue weighted by atomic mass is 9.93. The van der Waals surface area contributed by atoms with Crippen molar-refractivity contribution in [1.29, 1.82) is 0 Å². The van der Waals surface area contributed by atoms with Crippen molar-refractivity contribution in [3.05, 3.63) is 29.8 Å². The number of hydrogen-bond acceptors (Lipinski definition) is 4. The molecule has 168 valence electrons. The first kappa shape index (κ1) is 23.8. The van der Waals surface area contributed by atoms with Crippen molar-refractivity contribution < 1.29 is 32.2 Å². The van der Waals surface area contributed by atoms with Crippen LogP contribution in [0.5, 0.6) is 5.75 Å². The quantitative estimate of drug-likeness (QED) is 0.729. The Morgan fingerprint density at radius 3 is 2.20 bits per heavy atom. The van der Waals surface area contributed by atoms with Gasteiger partial charge in [0.1, 0.15) is 11.4 Å². The molecule has 1 aromatic rings. The summed E-state index contributed by atoms with van der Waals surface area (Å²) in [4.78, 5) is 26.1. The van der Waals surface area contributed by atoms with E-state index in [0.29, 0.717) is 37.9 Å². The standard InChI is InChI=1S/C21H29F3N2O4/c1-14(16-5-7-17(8-6-16)29-21(22,23)24)25-18(27)13-15-9-11-26(12-10-15)19(28)30-20(2,3)4/h5-8,14-15H,9-13H2,1-4H3,(H,25,27). The third kappa shape index (κ3) is 8.12. The van der Waals surface area contributed by atoms with Gasteiger partial charge < -0.3 is 19.7 Å². The van der Waals surface area contributed by atoms with E-state index < -0.39 is 12.0 Å². The number of amides is 2. The Kier molecular flexibility index (Phi) is 7.60. The zero-order chi connectivity index (χ0) is 22.5. The SMILES string of the molecule is CC(NC(=O)CC1CCN(C(=O)OC(C)(C)C)CC1)c1ccc(OC(F)(F)F)cc1. The molecule has 6 nitrogen and oxygen atoms in total. The first-order chi connectivity index (χ1) is 13.8. The number of halogens is 3. The molecule has 1 fully saturated rings. The number of alkyl halides is 3. The second-order valence-corrected chi connectivity index (χ2v) is 8.52. The van der Waals surface area contributed by atoms with E-state index in [4.69, 9.17) is 4.74 Å². The number of piperidine rings is 1. The van der Waals surface area contributed by atoms with Crippen LogP contribution < -0.4 is 10.1 Å². The molecule has 1 unspecified atom stereocenters. The summed E-state index contributed by atoms with van der Waals surface area (Å²) in [6.07, 6.45) is -3.31. The first-order valence-corrected chi connectivity index (χ1v) is 9.95. The molecule has 1 atom stereocenters. The van der Waals surface area contributed by atoms with Crippen molar-refractivity contribution in [2.75, 3.05) is 13.1 Å². The zero-order valence-electron chi connectivity index (χ0n) is 17.7. The minimum Gasteiger partial charge on any atom is -0.444 e. The number of hydrogen-bond donors (Lipinski definition) is 1. The summed E-state index contributed by atoms with van der Waals surface area (Å²) in [5, 5.41) is 2.87. The lowest BCUT2D eigenvalue weighted by Gasteiger charge is -2.33. The van der Waals surface area contributed by atoms with E-state index in [1.165, 1.54) is 24.3 Å². The van der Waals surface area contributed by atoms with E-state index in [9.17, 15) is 22.8 Å². The molecule has 0 saturated carbocycles.